The minimum Gasteiger partial charge on any atom is -0.461 e. The number of unbranched alkanes of at least 4 members (excludes halogenated alkanes) is 1. The summed E-state index contributed by atoms with van der Waals surface area (Å²) in [6, 6.07) is 7.49. The van der Waals surface area contributed by atoms with Crippen LogP contribution in [0.15, 0.2) is 24.3 Å². The summed E-state index contributed by atoms with van der Waals surface area (Å²) in [4.78, 5) is 20.5. The Hall–Kier alpha value is -1.97. The number of aryl methyl sites for hydroxylation is 1. The highest BCUT2D eigenvalue weighted by Crippen LogP contribution is 2.13. The Kier molecular flexibility index (Phi) is 3.87. The van der Waals surface area contributed by atoms with Gasteiger partial charge in [0.05, 0.1) is 23.3 Å². The highest BCUT2D eigenvalue weighted by molar-refractivity contribution is 5.90. The van der Waals surface area contributed by atoms with Gasteiger partial charge in [0.15, 0.2) is 5.69 Å². The molecule has 1 aromatic carbocycles. The Morgan fingerprint density at radius 2 is 1.89 bits per heavy atom. The van der Waals surface area contributed by atoms with Gasteiger partial charge >= 0.3 is 5.97 Å². The maximum atomic E-state index is 11.9. The molecule has 0 aliphatic carbocycles. The number of hydrogen-bond donors (Lipinski definition) is 0. The molecule has 0 bridgehead atoms. The summed E-state index contributed by atoms with van der Waals surface area (Å²) < 4.78 is 5.16. The van der Waals surface area contributed by atoms with E-state index < -0.39 is 0 Å². The number of ether oxygens (including phenoxy) is 1. The smallest absolute Gasteiger partial charge is 0.358 e. The number of fused-ring (bicyclic) bond motifs is 1. The van der Waals surface area contributed by atoms with Crippen molar-refractivity contribution >= 4 is 17.0 Å². The Morgan fingerprint density at radius 1 is 1.22 bits per heavy atom. The van der Waals surface area contributed by atoms with Crippen LogP contribution in [0.25, 0.3) is 11.0 Å². The number of esters is 1. The van der Waals surface area contributed by atoms with Crippen LogP contribution in [0.3, 0.4) is 0 Å². The Bertz CT molecular complexity index is 567. The Morgan fingerprint density at radius 3 is 2.56 bits per heavy atom. The molecule has 0 spiro atoms. The zero-order valence-electron chi connectivity index (χ0n) is 10.6. The molecule has 0 fully saturated rings. The van der Waals surface area contributed by atoms with Crippen molar-refractivity contribution in [2.75, 3.05) is 6.61 Å². The van der Waals surface area contributed by atoms with Crippen LogP contribution in [0, 0.1) is 6.92 Å². The molecule has 1 heterocycles. The lowest BCUT2D eigenvalue weighted by Crippen LogP contribution is -2.11. The zero-order valence-corrected chi connectivity index (χ0v) is 10.6. The van der Waals surface area contributed by atoms with Crippen LogP contribution in [0.1, 0.15) is 35.9 Å². The van der Waals surface area contributed by atoms with Gasteiger partial charge in [-0.1, -0.05) is 25.5 Å². The average Bonchev–Trinajstić information content (AvgIpc) is 2.38. The second kappa shape index (κ2) is 5.58. The summed E-state index contributed by atoms with van der Waals surface area (Å²) >= 11 is 0. The number of hydrogen-bond acceptors (Lipinski definition) is 4. The van der Waals surface area contributed by atoms with Crippen LogP contribution < -0.4 is 0 Å². The predicted molar refractivity (Wildman–Crippen MR) is 69.5 cm³/mol. The van der Waals surface area contributed by atoms with Gasteiger partial charge in [-0.3, -0.25) is 0 Å². The topological polar surface area (TPSA) is 52.1 Å². The van der Waals surface area contributed by atoms with Gasteiger partial charge < -0.3 is 4.74 Å². The van der Waals surface area contributed by atoms with Crippen molar-refractivity contribution in [1.82, 2.24) is 9.97 Å². The van der Waals surface area contributed by atoms with Gasteiger partial charge in [-0.05, 0) is 25.5 Å². The molecule has 0 saturated carbocycles. The third-order valence-electron chi connectivity index (χ3n) is 2.67. The normalized spacial score (nSPS) is 10.6. The van der Waals surface area contributed by atoms with Crippen LogP contribution in [-0.4, -0.2) is 22.5 Å². The van der Waals surface area contributed by atoms with Crippen LogP contribution in [0.5, 0.6) is 0 Å². The summed E-state index contributed by atoms with van der Waals surface area (Å²) in [5.74, 6) is -0.390. The van der Waals surface area contributed by atoms with Crippen LogP contribution in [-0.2, 0) is 4.74 Å². The number of benzene rings is 1. The fraction of sp³-hybridized carbons (Fsp3) is 0.357. The monoisotopic (exact) mass is 244 g/mol. The Balaban J connectivity index is 2.27. The summed E-state index contributed by atoms with van der Waals surface area (Å²) in [5.41, 5.74) is 2.42. The fourth-order valence-electron chi connectivity index (χ4n) is 1.66. The first kappa shape index (κ1) is 12.5. The quantitative estimate of drug-likeness (QED) is 0.613. The molecule has 18 heavy (non-hydrogen) atoms. The average molecular weight is 244 g/mol. The van der Waals surface area contributed by atoms with Crippen LogP contribution in [0.4, 0.5) is 0 Å². The van der Waals surface area contributed by atoms with Gasteiger partial charge in [-0.25, -0.2) is 14.8 Å². The van der Waals surface area contributed by atoms with Crippen molar-refractivity contribution in [3.8, 4) is 0 Å². The molecule has 0 saturated heterocycles. The number of carbonyl (C=O) groups is 1. The summed E-state index contributed by atoms with van der Waals surface area (Å²) in [5, 5.41) is 0. The number of rotatable bonds is 4. The lowest BCUT2D eigenvalue weighted by molar-refractivity contribution is 0.0492. The second-order valence-electron chi connectivity index (χ2n) is 4.14. The molecule has 0 N–H and O–H groups in total. The van der Waals surface area contributed by atoms with E-state index in [4.69, 9.17) is 4.74 Å². The molecule has 0 aliphatic heterocycles. The lowest BCUT2D eigenvalue weighted by atomic mass is 10.2. The van der Waals surface area contributed by atoms with Gasteiger partial charge in [0, 0.05) is 0 Å². The fourth-order valence-corrected chi connectivity index (χ4v) is 1.66. The van der Waals surface area contributed by atoms with Crippen molar-refractivity contribution in [2.24, 2.45) is 0 Å². The molecule has 94 valence electrons. The molecule has 0 aliphatic rings. The van der Waals surface area contributed by atoms with Gasteiger partial charge in [0.25, 0.3) is 0 Å². The van der Waals surface area contributed by atoms with Crippen molar-refractivity contribution in [3.05, 3.63) is 35.7 Å². The zero-order chi connectivity index (χ0) is 13.0. The maximum Gasteiger partial charge on any atom is 0.358 e. The van der Waals surface area contributed by atoms with E-state index in [0.29, 0.717) is 23.5 Å². The SMILES string of the molecule is CCCCOC(=O)c1nc2ccccc2nc1C. The van der Waals surface area contributed by atoms with Crippen LogP contribution >= 0.6 is 0 Å². The van der Waals surface area contributed by atoms with Crippen molar-refractivity contribution < 1.29 is 9.53 Å². The minimum atomic E-state index is -0.390. The first-order valence-electron chi connectivity index (χ1n) is 6.13. The molecule has 2 aromatic rings. The van der Waals surface area contributed by atoms with E-state index >= 15 is 0 Å². The van der Waals surface area contributed by atoms with Crippen molar-refractivity contribution in [3.63, 3.8) is 0 Å². The molecular formula is C14H16N2O2. The van der Waals surface area contributed by atoms with E-state index in [9.17, 15) is 4.79 Å². The van der Waals surface area contributed by atoms with Crippen molar-refractivity contribution in [2.45, 2.75) is 26.7 Å². The number of aromatic nitrogens is 2. The van der Waals surface area contributed by atoms with E-state index in [-0.39, 0.29) is 5.97 Å². The standard InChI is InChI=1S/C14H16N2O2/c1-3-4-9-18-14(17)13-10(2)15-11-7-5-6-8-12(11)16-13/h5-8H,3-4,9H2,1-2H3. The molecule has 4 nitrogen and oxygen atoms in total. The molecule has 0 atom stereocenters. The van der Waals surface area contributed by atoms with E-state index in [1.54, 1.807) is 6.92 Å². The largest absolute Gasteiger partial charge is 0.461 e. The number of carbonyl (C=O) groups excluding carboxylic acids is 1. The molecule has 1 aromatic heterocycles. The first-order chi connectivity index (χ1) is 8.72. The lowest BCUT2D eigenvalue weighted by Gasteiger charge is -2.06. The van der Waals surface area contributed by atoms with Gasteiger partial charge in [-0.15, -0.1) is 0 Å². The minimum absolute atomic E-state index is 0.310. The maximum absolute atomic E-state index is 11.9. The number of para-hydroxylation sites is 2. The molecular weight excluding hydrogens is 228 g/mol. The predicted octanol–water partition coefficient (Wildman–Crippen LogP) is 2.90. The summed E-state index contributed by atoms with van der Waals surface area (Å²) in [7, 11) is 0. The first-order valence-corrected chi connectivity index (χ1v) is 6.13. The molecule has 0 radical (unpaired) electrons. The third kappa shape index (κ3) is 2.64. The molecule has 0 amide bonds. The number of nitrogens with zero attached hydrogens (tertiary/aromatic N) is 2. The van der Waals surface area contributed by atoms with E-state index in [2.05, 4.69) is 16.9 Å². The van der Waals surface area contributed by atoms with E-state index in [0.717, 1.165) is 18.4 Å². The van der Waals surface area contributed by atoms with Gasteiger partial charge in [0.1, 0.15) is 0 Å². The van der Waals surface area contributed by atoms with Gasteiger partial charge in [0.2, 0.25) is 0 Å². The molecule has 0 unspecified atom stereocenters. The third-order valence-corrected chi connectivity index (χ3v) is 2.67. The highest BCUT2D eigenvalue weighted by atomic mass is 16.5. The highest BCUT2D eigenvalue weighted by Gasteiger charge is 2.14. The van der Waals surface area contributed by atoms with Crippen molar-refractivity contribution in [1.29, 1.82) is 0 Å². The van der Waals surface area contributed by atoms with E-state index in [1.807, 2.05) is 24.3 Å². The summed E-state index contributed by atoms with van der Waals surface area (Å²) in [6.45, 7) is 4.26. The molecule has 2 rings (SSSR count). The Labute approximate surface area is 106 Å². The summed E-state index contributed by atoms with van der Waals surface area (Å²) in [6.07, 6.45) is 1.86. The second-order valence-corrected chi connectivity index (χ2v) is 4.14. The molecule has 4 heteroatoms. The van der Waals surface area contributed by atoms with E-state index in [1.165, 1.54) is 0 Å². The van der Waals surface area contributed by atoms with Crippen LogP contribution in [0.2, 0.25) is 0 Å². The van der Waals surface area contributed by atoms with Gasteiger partial charge in [-0.2, -0.15) is 0 Å².